The first-order valence-electron chi connectivity index (χ1n) is 5.86. The van der Waals surface area contributed by atoms with E-state index in [0.29, 0.717) is 0 Å². The summed E-state index contributed by atoms with van der Waals surface area (Å²) in [5.41, 5.74) is 2.67. The Morgan fingerprint density at radius 3 is 2.44 bits per heavy atom. The minimum atomic E-state index is 1.31. The van der Waals surface area contributed by atoms with Gasteiger partial charge < -0.3 is 0 Å². The highest BCUT2D eigenvalue weighted by atomic mass is 32.1. The number of benzene rings is 2. The Morgan fingerprint density at radius 2 is 1.56 bits per heavy atom. The van der Waals surface area contributed by atoms with E-state index in [1.807, 2.05) is 22.7 Å². The van der Waals surface area contributed by atoms with Gasteiger partial charge in [-0.3, -0.25) is 0 Å². The quantitative estimate of drug-likeness (QED) is 0.409. The molecule has 0 bridgehead atoms. The molecule has 0 saturated carbocycles. The van der Waals surface area contributed by atoms with Crippen LogP contribution < -0.4 is 0 Å². The molecule has 86 valence electrons. The summed E-state index contributed by atoms with van der Waals surface area (Å²) < 4.78 is 2.75. The number of fused-ring (bicyclic) bond motifs is 3. The molecule has 0 N–H and O–H groups in total. The van der Waals surface area contributed by atoms with Crippen molar-refractivity contribution in [1.29, 1.82) is 0 Å². The molecule has 2 heteroatoms. The standard InChI is InChI=1S/C16H10S2/c1-2-4-11(5-3-1)13-10-18-15-7-6-14-12(16(13)15)8-9-17-14/h1-10H. The summed E-state index contributed by atoms with van der Waals surface area (Å²) in [6.45, 7) is 0. The number of thiophene rings is 2. The van der Waals surface area contributed by atoms with E-state index in [1.54, 1.807) is 0 Å². The van der Waals surface area contributed by atoms with Gasteiger partial charge in [0.1, 0.15) is 0 Å². The summed E-state index contributed by atoms with van der Waals surface area (Å²) in [5.74, 6) is 0. The molecule has 0 amide bonds. The van der Waals surface area contributed by atoms with Crippen molar-refractivity contribution in [2.75, 3.05) is 0 Å². The second kappa shape index (κ2) is 3.94. The first kappa shape index (κ1) is 10.3. The third-order valence-corrected chi connectivity index (χ3v) is 5.08. The average molecular weight is 266 g/mol. The van der Waals surface area contributed by atoms with Gasteiger partial charge in [0, 0.05) is 25.7 Å². The maximum atomic E-state index is 2.27. The summed E-state index contributed by atoms with van der Waals surface area (Å²) in [6, 6.07) is 17.4. The molecule has 0 unspecified atom stereocenters. The molecule has 0 spiro atoms. The number of rotatable bonds is 1. The molecule has 4 aromatic rings. The van der Waals surface area contributed by atoms with E-state index in [4.69, 9.17) is 0 Å². The molecule has 0 saturated heterocycles. The predicted molar refractivity (Wildman–Crippen MR) is 82.6 cm³/mol. The van der Waals surface area contributed by atoms with Crippen LogP contribution in [0.2, 0.25) is 0 Å². The monoisotopic (exact) mass is 266 g/mol. The van der Waals surface area contributed by atoms with Crippen LogP contribution in [0.3, 0.4) is 0 Å². The molecule has 0 fully saturated rings. The maximum absolute atomic E-state index is 2.27. The SMILES string of the molecule is c1ccc(-c2csc3ccc4sccc4c23)cc1. The van der Waals surface area contributed by atoms with Crippen molar-refractivity contribution in [3.05, 3.63) is 59.3 Å². The second-order valence-corrected chi connectivity index (χ2v) is 6.15. The normalized spacial score (nSPS) is 11.3. The fourth-order valence-electron chi connectivity index (χ4n) is 2.41. The highest BCUT2D eigenvalue weighted by Crippen LogP contribution is 2.39. The van der Waals surface area contributed by atoms with Crippen LogP contribution in [0.25, 0.3) is 31.3 Å². The van der Waals surface area contributed by atoms with E-state index >= 15 is 0 Å². The maximum Gasteiger partial charge on any atom is 0.0356 e. The van der Waals surface area contributed by atoms with Gasteiger partial charge in [0.15, 0.2) is 0 Å². The molecule has 4 rings (SSSR count). The minimum absolute atomic E-state index is 1.31. The molecule has 2 aromatic carbocycles. The fourth-order valence-corrected chi connectivity index (χ4v) is 4.19. The highest BCUT2D eigenvalue weighted by Gasteiger charge is 2.10. The summed E-state index contributed by atoms with van der Waals surface area (Å²) in [7, 11) is 0. The van der Waals surface area contributed by atoms with E-state index in [-0.39, 0.29) is 0 Å². The van der Waals surface area contributed by atoms with Crippen LogP contribution in [0.15, 0.2) is 59.3 Å². The number of hydrogen-bond acceptors (Lipinski definition) is 2. The van der Waals surface area contributed by atoms with Gasteiger partial charge in [-0.25, -0.2) is 0 Å². The Labute approximate surface area is 113 Å². The van der Waals surface area contributed by atoms with Crippen LogP contribution in [-0.2, 0) is 0 Å². The van der Waals surface area contributed by atoms with Crippen LogP contribution in [0.5, 0.6) is 0 Å². The average Bonchev–Trinajstić information content (AvgIpc) is 3.05. The molecule has 0 aliphatic carbocycles. The lowest BCUT2D eigenvalue weighted by Crippen LogP contribution is -1.74. The van der Waals surface area contributed by atoms with E-state index in [2.05, 4.69) is 59.3 Å². The van der Waals surface area contributed by atoms with E-state index in [9.17, 15) is 0 Å². The third-order valence-electron chi connectivity index (χ3n) is 3.25. The van der Waals surface area contributed by atoms with Crippen molar-refractivity contribution < 1.29 is 0 Å². The first-order valence-corrected chi connectivity index (χ1v) is 7.62. The van der Waals surface area contributed by atoms with Crippen molar-refractivity contribution >= 4 is 42.8 Å². The van der Waals surface area contributed by atoms with E-state index in [1.165, 1.54) is 31.3 Å². The molecule has 0 aliphatic heterocycles. The Kier molecular flexibility index (Phi) is 2.25. The highest BCUT2D eigenvalue weighted by molar-refractivity contribution is 7.19. The van der Waals surface area contributed by atoms with Crippen LogP contribution >= 0.6 is 22.7 Å². The Hall–Kier alpha value is -1.64. The molecule has 0 nitrogen and oxygen atoms in total. The van der Waals surface area contributed by atoms with Crippen LogP contribution in [0.4, 0.5) is 0 Å². The van der Waals surface area contributed by atoms with Crippen LogP contribution in [-0.4, -0.2) is 0 Å². The van der Waals surface area contributed by atoms with Gasteiger partial charge in [0.2, 0.25) is 0 Å². The van der Waals surface area contributed by atoms with E-state index < -0.39 is 0 Å². The lowest BCUT2D eigenvalue weighted by Gasteiger charge is -2.00. The summed E-state index contributed by atoms with van der Waals surface area (Å²) in [6.07, 6.45) is 0. The number of hydrogen-bond donors (Lipinski definition) is 0. The van der Waals surface area contributed by atoms with Crippen LogP contribution in [0.1, 0.15) is 0 Å². The zero-order chi connectivity index (χ0) is 11.9. The van der Waals surface area contributed by atoms with Crippen molar-refractivity contribution in [1.82, 2.24) is 0 Å². The first-order chi connectivity index (χ1) is 8.93. The molecule has 2 heterocycles. The predicted octanol–water partition coefficient (Wildman–Crippen LogP) is 5.78. The van der Waals surface area contributed by atoms with Crippen molar-refractivity contribution in [3.63, 3.8) is 0 Å². The van der Waals surface area contributed by atoms with Crippen molar-refractivity contribution in [3.8, 4) is 11.1 Å². The summed E-state index contributed by atoms with van der Waals surface area (Å²) >= 11 is 3.65. The minimum Gasteiger partial charge on any atom is -0.144 e. The third kappa shape index (κ3) is 1.43. The lowest BCUT2D eigenvalue weighted by atomic mass is 10.0. The second-order valence-electron chi connectivity index (χ2n) is 4.29. The topological polar surface area (TPSA) is 0 Å². The van der Waals surface area contributed by atoms with Gasteiger partial charge >= 0.3 is 0 Å². The van der Waals surface area contributed by atoms with Crippen LogP contribution in [0, 0.1) is 0 Å². The molecular weight excluding hydrogens is 256 g/mol. The van der Waals surface area contributed by atoms with Gasteiger partial charge in [-0.05, 0) is 34.5 Å². The largest absolute Gasteiger partial charge is 0.144 e. The fraction of sp³-hybridized carbons (Fsp3) is 0. The molecular formula is C16H10S2. The smallest absolute Gasteiger partial charge is 0.0356 e. The Balaban J connectivity index is 2.15. The van der Waals surface area contributed by atoms with Gasteiger partial charge in [-0.15, -0.1) is 22.7 Å². The zero-order valence-corrected chi connectivity index (χ0v) is 11.2. The molecule has 0 radical (unpaired) electrons. The van der Waals surface area contributed by atoms with Gasteiger partial charge in [-0.2, -0.15) is 0 Å². The zero-order valence-electron chi connectivity index (χ0n) is 9.59. The molecule has 0 atom stereocenters. The van der Waals surface area contributed by atoms with Gasteiger partial charge in [0.05, 0.1) is 0 Å². The Morgan fingerprint density at radius 1 is 0.722 bits per heavy atom. The summed E-state index contributed by atoms with van der Waals surface area (Å²) in [5, 5.41) is 7.25. The molecule has 2 aromatic heterocycles. The Bertz CT molecular complexity index is 822. The van der Waals surface area contributed by atoms with Crippen molar-refractivity contribution in [2.24, 2.45) is 0 Å². The van der Waals surface area contributed by atoms with E-state index in [0.717, 1.165) is 0 Å². The lowest BCUT2D eigenvalue weighted by molar-refractivity contribution is 1.69. The van der Waals surface area contributed by atoms with Gasteiger partial charge in [0.25, 0.3) is 0 Å². The van der Waals surface area contributed by atoms with Crippen molar-refractivity contribution in [2.45, 2.75) is 0 Å². The summed E-state index contributed by atoms with van der Waals surface area (Å²) in [4.78, 5) is 0. The van der Waals surface area contributed by atoms with Gasteiger partial charge in [-0.1, -0.05) is 30.3 Å². The molecule has 0 aliphatic rings. The molecule has 18 heavy (non-hydrogen) atoms.